The van der Waals surface area contributed by atoms with Crippen LogP contribution in [0.5, 0.6) is 0 Å². The molecule has 18 heavy (non-hydrogen) atoms. The largest absolute Gasteiger partial charge is 0.454 e. The molecule has 0 radical (unpaired) electrons. The maximum absolute atomic E-state index is 11.8. The van der Waals surface area contributed by atoms with Gasteiger partial charge < -0.3 is 4.74 Å². The number of rotatable bonds is 6. The lowest BCUT2D eigenvalue weighted by atomic mass is 10.1. The molecule has 2 unspecified atom stereocenters. The number of ketones is 1. The van der Waals surface area contributed by atoms with E-state index in [0.717, 1.165) is 12.8 Å². The fourth-order valence-corrected chi connectivity index (χ4v) is 1.93. The van der Waals surface area contributed by atoms with Gasteiger partial charge in [-0.05, 0) is 31.6 Å². The molecule has 2 atom stereocenters. The predicted molar refractivity (Wildman–Crippen MR) is 71.1 cm³/mol. The normalized spacial score (nSPS) is 21.8. The fourth-order valence-electron chi connectivity index (χ4n) is 1.93. The molecule has 0 amide bonds. The highest BCUT2D eigenvalue weighted by molar-refractivity contribution is 5.87. The third kappa shape index (κ3) is 5.03. The van der Waals surface area contributed by atoms with Crippen LogP contribution in [0.1, 0.15) is 52.9 Å². The summed E-state index contributed by atoms with van der Waals surface area (Å²) in [6.45, 7) is 6.17. The average molecular weight is 252 g/mol. The van der Waals surface area contributed by atoms with Gasteiger partial charge in [-0.15, -0.1) is 0 Å². The van der Waals surface area contributed by atoms with Crippen molar-refractivity contribution in [3.8, 4) is 0 Å². The molecule has 0 aromatic carbocycles. The smallest absolute Gasteiger partial charge is 0.309 e. The van der Waals surface area contributed by atoms with Crippen molar-refractivity contribution in [3.05, 3.63) is 12.2 Å². The van der Waals surface area contributed by atoms with Gasteiger partial charge in [-0.25, -0.2) is 0 Å². The third-order valence-corrected chi connectivity index (χ3v) is 3.17. The zero-order valence-electron chi connectivity index (χ0n) is 11.6. The molecule has 1 aliphatic carbocycles. The van der Waals surface area contributed by atoms with Crippen molar-refractivity contribution in [1.29, 1.82) is 0 Å². The summed E-state index contributed by atoms with van der Waals surface area (Å²) in [5, 5.41) is 0. The number of hydrogen-bond acceptors (Lipinski definition) is 3. The molecule has 3 heteroatoms. The van der Waals surface area contributed by atoms with Crippen molar-refractivity contribution in [1.82, 2.24) is 0 Å². The van der Waals surface area contributed by atoms with Crippen LogP contribution < -0.4 is 0 Å². The lowest BCUT2D eigenvalue weighted by Crippen LogP contribution is -2.25. The molecule has 1 rings (SSSR count). The van der Waals surface area contributed by atoms with Crippen molar-refractivity contribution in [2.75, 3.05) is 0 Å². The molecule has 0 aromatic heterocycles. The van der Waals surface area contributed by atoms with Gasteiger partial charge in [0.15, 0.2) is 11.9 Å². The third-order valence-electron chi connectivity index (χ3n) is 3.17. The fraction of sp³-hybridized carbons (Fsp3) is 0.733. The standard InChI is InChI=1S/C15H24O3/c1-11(2)7-4-5-8-12(3)15(17)18-14-10-6-9-13(14)16/h4-5,11-12,14H,6-10H2,1-3H3/b5-4-. The maximum atomic E-state index is 11.8. The SMILES string of the molecule is CC(C)C/C=C\CC(C)C(=O)OC1CCCC1=O. The van der Waals surface area contributed by atoms with E-state index in [-0.39, 0.29) is 17.7 Å². The van der Waals surface area contributed by atoms with Gasteiger partial charge in [0.2, 0.25) is 0 Å². The number of ether oxygens (including phenoxy) is 1. The van der Waals surface area contributed by atoms with Crippen LogP contribution in [0.2, 0.25) is 0 Å². The van der Waals surface area contributed by atoms with E-state index in [2.05, 4.69) is 19.9 Å². The van der Waals surface area contributed by atoms with E-state index < -0.39 is 6.10 Å². The molecule has 3 nitrogen and oxygen atoms in total. The van der Waals surface area contributed by atoms with Gasteiger partial charge >= 0.3 is 5.97 Å². The number of esters is 1. The summed E-state index contributed by atoms with van der Waals surface area (Å²) < 4.78 is 5.24. The van der Waals surface area contributed by atoms with Crippen LogP contribution in [0.3, 0.4) is 0 Å². The first-order valence-electron chi connectivity index (χ1n) is 6.89. The second kappa shape index (κ2) is 7.34. The number of carbonyl (C=O) groups excluding carboxylic acids is 2. The minimum atomic E-state index is -0.473. The van der Waals surface area contributed by atoms with Gasteiger partial charge in [0.05, 0.1) is 5.92 Å². The Kier molecular flexibility index (Phi) is 6.10. The van der Waals surface area contributed by atoms with E-state index in [1.54, 1.807) is 0 Å². The Morgan fingerprint density at radius 3 is 2.56 bits per heavy atom. The van der Waals surface area contributed by atoms with E-state index in [0.29, 0.717) is 25.2 Å². The van der Waals surface area contributed by atoms with Gasteiger partial charge in [0, 0.05) is 6.42 Å². The Morgan fingerprint density at radius 1 is 1.33 bits per heavy atom. The Balaban J connectivity index is 2.28. The van der Waals surface area contributed by atoms with E-state index in [4.69, 9.17) is 4.74 Å². The Morgan fingerprint density at radius 2 is 2.00 bits per heavy atom. The summed E-state index contributed by atoms with van der Waals surface area (Å²) in [5.41, 5.74) is 0. The zero-order valence-corrected chi connectivity index (χ0v) is 11.6. The first-order valence-corrected chi connectivity index (χ1v) is 6.89. The molecule has 102 valence electrons. The Hall–Kier alpha value is -1.12. The second-order valence-corrected chi connectivity index (χ2v) is 5.52. The first-order chi connectivity index (χ1) is 8.50. The van der Waals surface area contributed by atoms with Gasteiger partial charge in [-0.3, -0.25) is 9.59 Å². The van der Waals surface area contributed by atoms with E-state index in [1.807, 2.05) is 13.0 Å². The summed E-state index contributed by atoms with van der Waals surface area (Å²) in [4.78, 5) is 23.1. The van der Waals surface area contributed by atoms with Crippen LogP contribution in [0.25, 0.3) is 0 Å². The highest BCUT2D eigenvalue weighted by Gasteiger charge is 2.29. The van der Waals surface area contributed by atoms with Gasteiger partial charge in [-0.2, -0.15) is 0 Å². The monoisotopic (exact) mass is 252 g/mol. The molecule has 0 saturated heterocycles. The Labute approximate surface area is 110 Å². The summed E-state index contributed by atoms with van der Waals surface area (Å²) in [5.74, 6) is 0.303. The van der Waals surface area contributed by atoms with Crippen molar-refractivity contribution >= 4 is 11.8 Å². The minimum Gasteiger partial charge on any atom is -0.454 e. The summed E-state index contributed by atoms with van der Waals surface area (Å²) >= 11 is 0. The molecule has 0 bridgehead atoms. The minimum absolute atomic E-state index is 0.0749. The van der Waals surface area contributed by atoms with Crippen molar-refractivity contribution in [2.45, 2.75) is 59.0 Å². The number of allylic oxidation sites excluding steroid dienone is 2. The highest BCUT2D eigenvalue weighted by atomic mass is 16.5. The Bertz CT molecular complexity index is 318. The summed E-state index contributed by atoms with van der Waals surface area (Å²) in [7, 11) is 0. The first kappa shape index (κ1) is 14.9. The van der Waals surface area contributed by atoms with E-state index >= 15 is 0 Å². The second-order valence-electron chi connectivity index (χ2n) is 5.52. The molecule has 1 saturated carbocycles. The molecule has 1 fully saturated rings. The molecule has 0 spiro atoms. The zero-order chi connectivity index (χ0) is 13.5. The molecule has 0 aliphatic heterocycles. The lowest BCUT2D eigenvalue weighted by Gasteiger charge is -2.13. The van der Waals surface area contributed by atoms with Crippen molar-refractivity contribution in [3.63, 3.8) is 0 Å². The van der Waals surface area contributed by atoms with Gasteiger partial charge in [0.1, 0.15) is 0 Å². The maximum Gasteiger partial charge on any atom is 0.309 e. The number of hydrogen-bond donors (Lipinski definition) is 0. The van der Waals surface area contributed by atoms with Crippen LogP contribution >= 0.6 is 0 Å². The van der Waals surface area contributed by atoms with Crippen LogP contribution in [0, 0.1) is 11.8 Å². The van der Waals surface area contributed by atoms with Crippen molar-refractivity contribution in [2.24, 2.45) is 11.8 Å². The number of Topliss-reactive ketones (excluding diaryl/α,β-unsaturated/α-hetero) is 1. The molecular formula is C15H24O3. The highest BCUT2D eigenvalue weighted by Crippen LogP contribution is 2.19. The molecule has 0 aromatic rings. The summed E-state index contributed by atoms with van der Waals surface area (Å²) in [6.07, 6.45) is 7.48. The van der Waals surface area contributed by atoms with Crippen LogP contribution in [-0.4, -0.2) is 17.9 Å². The van der Waals surface area contributed by atoms with Crippen LogP contribution in [0.4, 0.5) is 0 Å². The average Bonchev–Trinajstić information content (AvgIpc) is 2.70. The van der Waals surface area contributed by atoms with Gasteiger partial charge in [-0.1, -0.05) is 32.9 Å². The lowest BCUT2D eigenvalue weighted by molar-refractivity contribution is -0.157. The molecule has 0 heterocycles. The molecular weight excluding hydrogens is 228 g/mol. The van der Waals surface area contributed by atoms with Crippen LogP contribution in [-0.2, 0) is 14.3 Å². The van der Waals surface area contributed by atoms with Crippen molar-refractivity contribution < 1.29 is 14.3 Å². The number of carbonyl (C=O) groups is 2. The topological polar surface area (TPSA) is 43.4 Å². The van der Waals surface area contributed by atoms with Crippen LogP contribution in [0.15, 0.2) is 12.2 Å². The quantitative estimate of drug-likeness (QED) is 0.538. The summed E-state index contributed by atoms with van der Waals surface area (Å²) in [6, 6.07) is 0. The van der Waals surface area contributed by atoms with E-state index in [9.17, 15) is 9.59 Å². The van der Waals surface area contributed by atoms with Gasteiger partial charge in [0.25, 0.3) is 0 Å². The predicted octanol–water partition coefficient (Wildman–Crippen LogP) is 3.28. The molecule has 0 N–H and O–H groups in total. The van der Waals surface area contributed by atoms with E-state index in [1.165, 1.54) is 0 Å². The molecule has 1 aliphatic rings.